The molecule has 1 fully saturated rings. The van der Waals surface area contributed by atoms with Gasteiger partial charge in [0.25, 0.3) is 0 Å². The number of halogens is 1. The molecule has 0 amide bonds. The molecule has 0 spiro atoms. The molecule has 2 N–H and O–H groups in total. The molecule has 0 radical (unpaired) electrons. The topological polar surface area (TPSA) is 29.3 Å². The fraction of sp³-hybridized carbons (Fsp3) is 0.538. The second-order valence-electron chi connectivity index (χ2n) is 4.82. The molecular formula is C13H17BrN2. The Labute approximate surface area is 105 Å². The van der Waals surface area contributed by atoms with Crippen LogP contribution in [0.2, 0.25) is 0 Å². The summed E-state index contributed by atoms with van der Waals surface area (Å²) in [6.07, 6.45) is 5.08. The molecule has 2 aliphatic heterocycles. The van der Waals surface area contributed by atoms with Gasteiger partial charge in [0.15, 0.2) is 0 Å². The average molecular weight is 281 g/mol. The van der Waals surface area contributed by atoms with Crippen molar-refractivity contribution < 1.29 is 0 Å². The second-order valence-corrected chi connectivity index (χ2v) is 5.68. The molecule has 1 aromatic rings. The van der Waals surface area contributed by atoms with E-state index in [0.717, 1.165) is 6.54 Å². The van der Waals surface area contributed by atoms with Crippen molar-refractivity contribution >= 4 is 21.6 Å². The summed E-state index contributed by atoms with van der Waals surface area (Å²) in [6, 6.07) is 7.77. The summed E-state index contributed by atoms with van der Waals surface area (Å²) >= 11 is 3.66. The summed E-state index contributed by atoms with van der Waals surface area (Å²) in [5.74, 6) is 0. The summed E-state index contributed by atoms with van der Waals surface area (Å²) in [4.78, 5) is 2.57. The van der Waals surface area contributed by atoms with Gasteiger partial charge in [0, 0.05) is 28.8 Å². The Morgan fingerprint density at radius 1 is 1.38 bits per heavy atom. The van der Waals surface area contributed by atoms with Crippen LogP contribution in [0.25, 0.3) is 0 Å². The maximum absolute atomic E-state index is 5.90. The number of hydrogen-bond donors (Lipinski definition) is 1. The van der Waals surface area contributed by atoms with Crippen LogP contribution in [0.5, 0.6) is 0 Å². The SMILES string of the molecule is NCC1CCCC2Cc3c(Br)cccc3N12. The van der Waals surface area contributed by atoms with Crippen LogP contribution in [0, 0.1) is 0 Å². The summed E-state index contributed by atoms with van der Waals surface area (Å²) in [6.45, 7) is 0.780. The Hall–Kier alpha value is -0.540. The first-order valence-corrected chi connectivity index (χ1v) is 6.86. The van der Waals surface area contributed by atoms with E-state index in [2.05, 4.69) is 39.0 Å². The van der Waals surface area contributed by atoms with Crippen LogP contribution in [-0.2, 0) is 6.42 Å². The molecule has 2 nitrogen and oxygen atoms in total. The number of piperidine rings is 1. The Morgan fingerprint density at radius 3 is 3.06 bits per heavy atom. The standard InChI is InChI=1S/C13H17BrN2/c14-12-5-2-6-13-11(12)7-9-3-1-4-10(8-15)16(9)13/h2,5-6,9-10H,1,3-4,7-8,15H2. The number of hydrogen-bond acceptors (Lipinski definition) is 2. The van der Waals surface area contributed by atoms with Gasteiger partial charge in [-0.3, -0.25) is 0 Å². The van der Waals surface area contributed by atoms with Crippen LogP contribution < -0.4 is 10.6 Å². The number of nitrogens with zero attached hydrogens (tertiary/aromatic N) is 1. The first kappa shape index (κ1) is 10.6. The monoisotopic (exact) mass is 280 g/mol. The number of nitrogens with two attached hydrogens (primary N) is 1. The lowest BCUT2D eigenvalue weighted by Crippen LogP contribution is -2.48. The number of anilines is 1. The van der Waals surface area contributed by atoms with Gasteiger partial charge in [-0.05, 0) is 43.4 Å². The Bertz CT molecular complexity index is 405. The number of rotatable bonds is 1. The third-order valence-electron chi connectivity index (χ3n) is 3.95. The molecule has 1 aromatic carbocycles. The molecular weight excluding hydrogens is 264 g/mol. The molecule has 2 unspecified atom stereocenters. The molecule has 0 saturated carbocycles. The van der Waals surface area contributed by atoms with E-state index >= 15 is 0 Å². The van der Waals surface area contributed by atoms with Gasteiger partial charge in [0.2, 0.25) is 0 Å². The maximum atomic E-state index is 5.90. The van der Waals surface area contributed by atoms with E-state index in [1.54, 1.807) is 0 Å². The molecule has 2 heterocycles. The number of fused-ring (bicyclic) bond motifs is 3. The van der Waals surface area contributed by atoms with E-state index in [9.17, 15) is 0 Å². The normalized spacial score (nSPS) is 27.8. The molecule has 0 aliphatic carbocycles. The van der Waals surface area contributed by atoms with Gasteiger partial charge >= 0.3 is 0 Å². The lowest BCUT2D eigenvalue weighted by molar-refractivity contribution is 0.399. The van der Waals surface area contributed by atoms with Crippen molar-refractivity contribution in [2.75, 3.05) is 11.4 Å². The zero-order valence-corrected chi connectivity index (χ0v) is 10.9. The molecule has 0 aromatic heterocycles. The lowest BCUT2D eigenvalue weighted by Gasteiger charge is -2.39. The smallest absolute Gasteiger partial charge is 0.0416 e. The first-order valence-electron chi connectivity index (χ1n) is 6.07. The fourth-order valence-electron chi connectivity index (χ4n) is 3.22. The number of benzene rings is 1. The highest BCUT2D eigenvalue weighted by Gasteiger charge is 2.36. The minimum Gasteiger partial charge on any atom is -0.364 e. The maximum Gasteiger partial charge on any atom is 0.0416 e. The van der Waals surface area contributed by atoms with Gasteiger partial charge in [-0.1, -0.05) is 22.0 Å². The van der Waals surface area contributed by atoms with E-state index in [-0.39, 0.29) is 0 Å². The average Bonchev–Trinajstić information content (AvgIpc) is 2.69. The zero-order valence-electron chi connectivity index (χ0n) is 9.32. The molecule has 3 rings (SSSR count). The highest BCUT2D eigenvalue weighted by molar-refractivity contribution is 9.10. The van der Waals surface area contributed by atoms with Gasteiger partial charge in [-0.2, -0.15) is 0 Å². The minimum absolute atomic E-state index is 0.550. The molecule has 3 heteroatoms. The summed E-state index contributed by atoms with van der Waals surface area (Å²) in [7, 11) is 0. The van der Waals surface area contributed by atoms with Crippen molar-refractivity contribution in [3.8, 4) is 0 Å². The van der Waals surface area contributed by atoms with Gasteiger partial charge in [-0.25, -0.2) is 0 Å². The highest BCUT2D eigenvalue weighted by atomic mass is 79.9. The molecule has 86 valence electrons. The third kappa shape index (κ3) is 1.49. The minimum atomic E-state index is 0.550. The van der Waals surface area contributed by atoms with Crippen LogP contribution in [0.4, 0.5) is 5.69 Å². The summed E-state index contributed by atoms with van der Waals surface area (Å²) in [5, 5.41) is 0. The fourth-order valence-corrected chi connectivity index (χ4v) is 3.74. The van der Waals surface area contributed by atoms with Crippen molar-refractivity contribution in [1.29, 1.82) is 0 Å². The second kappa shape index (κ2) is 4.04. The van der Waals surface area contributed by atoms with Crippen molar-refractivity contribution in [2.45, 2.75) is 37.8 Å². The van der Waals surface area contributed by atoms with E-state index in [1.807, 2.05) is 0 Å². The predicted octanol–water partition coefficient (Wildman–Crippen LogP) is 2.69. The summed E-state index contributed by atoms with van der Waals surface area (Å²) in [5.41, 5.74) is 8.79. The largest absolute Gasteiger partial charge is 0.364 e. The van der Waals surface area contributed by atoms with Gasteiger partial charge in [0.1, 0.15) is 0 Å². The molecule has 2 atom stereocenters. The zero-order chi connectivity index (χ0) is 11.1. The van der Waals surface area contributed by atoms with Crippen LogP contribution >= 0.6 is 15.9 Å². The van der Waals surface area contributed by atoms with Gasteiger partial charge < -0.3 is 10.6 Å². The third-order valence-corrected chi connectivity index (χ3v) is 4.69. The van der Waals surface area contributed by atoms with E-state index in [4.69, 9.17) is 5.73 Å². The first-order chi connectivity index (χ1) is 7.81. The van der Waals surface area contributed by atoms with Crippen molar-refractivity contribution in [3.63, 3.8) is 0 Å². The quantitative estimate of drug-likeness (QED) is 0.857. The molecule has 0 bridgehead atoms. The molecule has 2 aliphatic rings. The molecule has 16 heavy (non-hydrogen) atoms. The molecule has 1 saturated heterocycles. The Balaban J connectivity index is 2.03. The van der Waals surface area contributed by atoms with Crippen LogP contribution in [-0.4, -0.2) is 18.6 Å². The lowest BCUT2D eigenvalue weighted by atomic mass is 9.96. The van der Waals surface area contributed by atoms with Gasteiger partial charge in [-0.15, -0.1) is 0 Å². The van der Waals surface area contributed by atoms with Crippen LogP contribution in [0.3, 0.4) is 0 Å². The van der Waals surface area contributed by atoms with Crippen molar-refractivity contribution in [3.05, 3.63) is 28.2 Å². The van der Waals surface area contributed by atoms with Crippen molar-refractivity contribution in [2.24, 2.45) is 5.73 Å². The highest BCUT2D eigenvalue weighted by Crippen LogP contribution is 2.42. The Morgan fingerprint density at radius 2 is 2.25 bits per heavy atom. The predicted molar refractivity (Wildman–Crippen MR) is 70.8 cm³/mol. The van der Waals surface area contributed by atoms with Crippen LogP contribution in [0.1, 0.15) is 24.8 Å². The van der Waals surface area contributed by atoms with E-state index in [1.165, 1.54) is 41.4 Å². The van der Waals surface area contributed by atoms with E-state index < -0.39 is 0 Å². The van der Waals surface area contributed by atoms with E-state index in [0.29, 0.717) is 12.1 Å². The van der Waals surface area contributed by atoms with Crippen LogP contribution in [0.15, 0.2) is 22.7 Å². The Kier molecular flexibility index (Phi) is 2.68. The summed E-state index contributed by atoms with van der Waals surface area (Å²) < 4.78 is 1.26. The van der Waals surface area contributed by atoms with Crippen molar-refractivity contribution in [1.82, 2.24) is 0 Å². The van der Waals surface area contributed by atoms with Gasteiger partial charge in [0.05, 0.1) is 0 Å².